The number of imide groups is 1. The lowest BCUT2D eigenvalue weighted by atomic mass is 9.97. The molecule has 3 aromatic rings. The predicted octanol–water partition coefficient (Wildman–Crippen LogP) is 3.52. The Labute approximate surface area is 133 Å². The van der Waals surface area contributed by atoms with E-state index in [-0.39, 0.29) is 18.2 Å². The van der Waals surface area contributed by atoms with E-state index in [1.54, 1.807) is 6.07 Å². The molecule has 2 aromatic carbocycles. The van der Waals surface area contributed by atoms with E-state index < -0.39 is 5.92 Å². The number of fused-ring (bicyclic) bond motifs is 1. The Kier molecular flexibility index (Phi) is 3.05. The Bertz CT molecular complexity index is 926. The summed E-state index contributed by atoms with van der Waals surface area (Å²) in [6, 6.07) is 15.3. The van der Waals surface area contributed by atoms with Crippen molar-refractivity contribution >= 4 is 28.4 Å². The van der Waals surface area contributed by atoms with Crippen molar-refractivity contribution < 1.29 is 9.59 Å². The molecule has 1 aliphatic heterocycles. The third kappa shape index (κ3) is 2.14. The number of para-hydroxylation sites is 1. The lowest BCUT2D eigenvalue weighted by molar-refractivity contribution is -0.121. The first kappa shape index (κ1) is 13.8. The second kappa shape index (κ2) is 5.09. The largest absolute Gasteiger partial charge is 0.361 e. The van der Waals surface area contributed by atoms with E-state index >= 15 is 0 Å². The molecule has 1 aliphatic rings. The Balaban J connectivity index is 1.75. The van der Waals surface area contributed by atoms with Crippen LogP contribution in [-0.2, 0) is 9.59 Å². The molecule has 114 valence electrons. The number of rotatable bonds is 2. The first-order valence-corrected chi connectivity index (χ1v) is 7.64. The second-order valence-electron chi connectivity index (χ2n) is 5.95. The highest BCUT2D eigenvalue weighted by Gasteiger charge is 2.41. The highest BCUT2D eigenvalue weighted by molar-refractivity contribution is 6.23. The smallest absolute Gasteiger partial charge is 0.241 e. The van der Waals surface area contributed by atoms with Gasteiger partial charge in [-0.3, -0.25) is 9.59 Å². The molecular weight excluding hydrogens is 288 g/mol. The Morgan fingerprint density at radius 2 is 1.91 bits per heavy atom. The van der Waals surface area contributed by atoms with Crippen LogP contribution in [0.15, 0.2) is 54.7 Å². The summed E-state index contributed by atoms with van der Waals surface area (Å²) in [4.78, 5) is 29.8. The highest BCUT2D eigenvalue weighted by atomic mass is 16.2. The molecule has 1 fully saturated rings. The molecule has 0 unspecified atom stereocenters. The van der Waals surface area contributed by atoms with E-state index in [0.717, 1.165) is 22.0 Å². The molecule has 2 amide bonds. The molecule has 4 rings (SSSR count). The maximum absolute atomic E-state index is 12.9. The number of aryl methyl sites for hydroxylation is 1. The third-order valence-corrected chi connectivity index (χ3v) is 4.40. The van der Waals surface area contributed by atoms with Crippen LogP contribution in [0.1, 0.15) is 23.5 Å². The van der Waals surface area contributed by atoms with Crippen molar-refractivity contribution in [3.05, 3.63) is 65.9 Å². The molecular formula is C19H16N2O2. The fraction of sp³-hybridized carbons (Fsp3) is 0.158. The number of aromatic nitrogens is 1. The minimum absolute atomic E-state index is 0.143. The normalized spacial score (nSPS) is 18.1. The van der Waals surface area contributed by atoms with Crippen LogP contribution in [-0.4, -0.2) is 16.8 Å². The molecule has 4 heteroatoms. The van der Waals surface area contributed by atoms with E-state index in [1.165, 1.54) is 4.90 Å². The number of nitrogens with one attached hydrogen (secondary N) is 1. The quantitative estimate of drug-likeness (QED) is 0.736. The van der Waals surface area contributed by atoms with Crippen LogP contribution in [0, 0.1) is 6.92 Å². The maximum Gasteiger partial charge on any atom is 0.241 e. The van der Waals surface area contributed by atoms with Gasteiger partial charge in [-0.25, -0.2) is 4.90 Å². The molecule has 1 saturated heterocycles. The number of hydrogen-bond donors (Lipinski definition) is 1. The van der Waals surface area contributed by atoms with E-state index in [1.807, 2.05) is 55.6 Å². The highest BCUT2D eigenvalue weighted by Crippen LogP contribution is 2.36. The predicted molar refractivity (Wildman–Crippen MR) is 89.3 cm³/mol. The van der Waals surface area contributed by atoms with Gasteiger partial charge in [0.2, 0.25) is 11.8 Å². The first-order valence-electron chi connectivity index (χ1n) is 7.64. The molecule has 1 N–H and O–H groups in total. The van der Waals surface area contributed by atoms with Gasteiger partial charge in [-0.15, -0.1) is 0 Å². The van der Waals surface area contributed by atoms with Gasteiger partial charge in [0.15, 0.2) is 0 Å². The number of aromatic amines is 1. The minimum atomic E-state index is -0.417. The standard InChI is InChI=1S/C19H16N2O2/c1-12-5-4-6-13(9-12)21-18(22)10-15(19(21)23)16-11-20-17-8-3-2-7-14(16)17/h2-9,11,15,20H,10H2,1H3/t15-/m1/s1. The molecule has 0 bridgehead atoms. The van der Waals surface area contributed by atoms with E-state index in [4.69, 9.17) is 0 Å². The number of nitrogens with zero attached hydrogens (tertiary/aromatic N) is 1. The van der Waals surface area contributed by atoms with Crippen LogP contribution in [0.25, 0.3) is 10.9 Å². The van der Waals surface area contributed by atoms with Gasteiger partial charge in [0.05, 0.1) is 11.6 Å². The zero-order valence-corrected chi connectivity index (χ0v) is 12.7. The number of carbonyl (C=O) groups excluding carboxylic acids is 2. The van der Waals surface area contributed by atoms with Crippen molar-refractivity contribution in [3.8, 4) is 0 Å². The van der Waals surface area contributed by atoms with Crippen molar-refractivity contribution in [1.82, 2.24) is 4.98 Å². The zero-order chi connectivity index (χ0) is 16.0. The lowest BCUT2D eigenvalue weighted by Gasteiger charge is -2.15. The Morgan fingerprint density at radius 3 is 2.74 bits per heavy atom. The second-order valence-corrected chi connectivity index (χ2v) is 5.95. The van der Waals surface area contributed by atoms with Gasteiger partial charge in [-0.2, -0.15) is 0 Å². The third-order valence-electron chi connectivity index (χ3n) is 4.40. The molecule has 1 atom stereocenters. The van der Waals surface area contributed by atoms with Crippen molar-refractivity contribution in [2.75, 3.05) is 4.90 Å². The van der Waals surface area contributed by atoms with Crippen LogP contribution in [0.3, 0.4) is 0 Å². The molecule has 23 heavy (non-hydrogen) atoms. The Hall–Kier alpha value is -2.88. The average Bonchev–Trinajstić information content (AvgIpc) is 3.08. The number of amides is 2. The van der Waals surface area contributed by atoms with Gasteiger partial charge in [0, 0.05) is 23.5 Å². The van der Waals surface area contributed by atoms with Crippen molar-refractivity contribution in [2.24, 2.45) is 0 Å². The molecule has 0 aliphatic carbocycles. The van der Waals surface area contributed by atoms with Gasteiger partial charge >= 0.3 is 0 Å². The van der Waals surface area contributed by atoms with Crippen molar-refractivity contribution in [3.63, 3.8) is 0 Å². The number of H-pyrrole nitrogens is 1. The lowest BCUT2D eigenvalue weighted by Crippen LogP contribution is -2.30. The summed E-state index contributed by atoms with van der Waals surface area (Å²) >= 11 is 0. The molecule has 0 radical (unpaired) electrons. The number of anilines is 1. The monoisotopic (exact) mass is 304 g/mol. The van der Waals surface area contributed by atoms with Crippen molar-refractivity contribution in [2.45, 2.75) is 19.3 Å². The summed E-state index contributed by atoms with van der Waals surface area (Å²) in [6.07, 6.45) is 2.06. The summed E-state index contributed by atoms with van der Waals surface area (Å²) in [7, 11) is 0. The molecule has 4 nitrogen and oxygen atoms in total. The topological polar surface area (TPSA) is 53.2 Å². The molecule has 2 heterocycles. The zero-order valence-electron chi connectivity index (χ0n) is 12.7. The van der Waals surface area contributed by atoms with E-state index in [9.17, 15) is 9.59 Å². The molecule has 0 spiro atoms. The van der Waals surface area contributed by atoms with Gasteiger partial charge in [-0.05, 0) is 36.2 Å². The first-order chi connectivity index (χ1) is 11.1. The van der Waals surface area contributed by atoms with Gasteiger partial charge in [-0.1, -0.05) is 30.3 Å². The fourth-order valence-corrected chi connectivity index (χ4v) is 3.30. The molecule has 0 saturated carbocycles. The summed E-state index contributed by atoms with van der Waals surface area (Å²) < 4.78 is 0. The van der Waals surface area contributed by atoms with Crippen LogP contribution >= 0.6 is 0 Å². The van der Waals surface area contributed by atoms with E-state index in [0.29, 0.717) is 5.69 Å². The van der Waals surface area contributed by atoms with Crippen LogP contribution in [0.5, 0.6) is 0 Å². The summed E-state index contributed by atoms with van der Waals surface area (Å²) in [5, 5.41) is 1.00. The summed E-state index contributed by atoms with van der Waals surface area (Å²) in [5.74, 6) is -0.708. The van der Waals surface area contributed by atoms with Crippen LogP contribution in [0.2, 0.25) is 0 Å². The van der Waals surface area contributed by atoms with Crippen molar-refractivity contribution in [1.29, 1.82) is 0 Å². The SMILES string of the molecule is Cc1cccc(N2C(=O)C[C@H](c3c[nH]c4ccccc34)C2=O)c1. The average molecular weight is 304 g/mol. The van der Waals surface area contributed by atoms with Crippen LogP contribution in [0.4, 0.5) is 5.69 Å². The maximum atomic E-state index is 12.9. The van der Waals surface area contributed by atoms with Gasteiger partial charge in [0.25, 0.3) is 0 Å². The summed E-state index contributed by atoms with van der Waals surface area (Å²) in [6.45, 7) is 1.95. The fourth-order valence-electron chi connectivity index (χ4n) is 3.30. The summed E-state index contributed by atoms with van der Waals surface area (Å²) in [5.41, 5.74) is 3.56. The van der Waals surface area contributed by atoms with Gasteiger partial charge < -0.3 is 4.98 Å². The van der Waals surface area contributed by atoms with Gasteiger partial charge in [0.1, 0.15) is 0 Å². The Morgan fingerprint density at radius 1 is 1.09 bits per heavy atom. The minimum Gasteiger partial charge on any atom is -0.361 e. The number of carbonyl (C=O) groups is 2. The van der Waals surface area contributed by atoms with E-state index in [2.05, 4.69) is 4.98 Å². The molecule has 1 aromatic heterocycles. The number of benzene rings is 2. The number of hydrogen-bond acceptors (Lipinski definition) is 2. The van der Waals surface area contributed by atoms with Crippen LogP contribution < -0.4 is 4.90 Å².